The number of hydrogen-bond acceptors (Lipinski definition) is 3. The van der Waals surface area contributed by atoms with Crippen LogP contribution in [0.3, 0.4) is 0 Å². The lowest BCUT2D eigenvalue weighted by molar-refractivity contribution is -0.117. The van der Waals surface area contributed by atoms with Crippen LogP contribution in [0.15, 0.2) is 48.5 Å². The quantitative estimate of drug-likeness (QED) is 0.160. The van der Waals surface area contributed by atoms with Gasteiger partial charge in [-0.15, -0.1) is 23.2 Å². The summed E-state index contributed by atoms with van der Waals surface area (Å²) in [4.78, 5) is 25.9. The summed E-state index contributed by atoms with van der Waals surface area (Å²) in [6.07, 6.45) is 0. The van der Waals surface area contributed by atoms with Crippen LogP contribution < -0.4 is 16.4 Å². The number of halogens is 6. The monoisotopic (exact) mass is 589 g/mol. The molecule has 2 atom stereocenters. The normalized spacial score (nSPS) is 18.1. The fourth-order valence-electron chi connectivity index (χ4n) is 3.84. The molecule has 182 valence electrons. The number of nitrogens with two attached hydrogens (primary N) is 1. The summed E-state index contributed by atoms with van der Waals surface area (Å²) < 4.78 is -1.37. The number of nitrogens with one attached hydrogen (secondary N) is 2. The van der Waals surface area contributed by atoms with Crippen molar-refractivity contribution in [3.63, 3.8) is 0 Å². The van der Waals surface area contributed by atoms with Gasteiger partial charge >= 0.3 is 0 Å². The van der Waals surface area contributed by atoms with Gasteiger partial charge in [0.25, 0.3) is 5.91 Å². The van der Waals surface area contributed by atoms with Crippen LogP contribution in [0.2, 0.25) is 20.1 Å². The van der Waals surface area contributed by atoms with Gasteiger partial charge in [0.1, 0.15) is 4.33 Å². The van der Waals surface area contributed by atoms with Gasteiger partial charge in [0.2, 0.25) is 5.91 Å². The van der Waals surface area contributed by atoms with Gasteiger partial charge in [-0.05, 0) is 66.6 Å². The van der Waals surface area contributed by atoms with Crippen LogP contribution in [0.5, 0.6) is 0 Å². The summed E-state index contributed by atoms with van der Waals surface area (Å²) in [7, 11) is 0. The van der Waals surface area contributed by atoms with Crippen molar-refractivity contribution in [1.82, 2.24) is 0 Å². The Balaban J connectivity index is 1.52. The van der Waals surface area contributed by atoms with E-state index in [1.165, 1.54) is 12.1 Å². The van der Waals surface area contributed by atoms with E-state index in [0.717, 1.165) is 5.56 Å². The van der Waals surface area contributed by atoms with Crippen molar-refractivity contribution < 1.29 is 9.59 Å². The van der Waals surface area contributed by atoms with Gasteiger partial charge in [0.15, 0.2) is 0 Å². The second-order valence-electron chi connectivity index (χ2n) is 8.14. The smallest absolute Gasteiger partial charge is 0.257 e. The Labute approximate surface area is 231 Å². The third-order valence-corrected chi connectivity index (χ3v) is 8.15. The lowest BCUT2D eigenvalue weighted by Gasteiger charge is -2.12. The van der Waals surface area contributed by atoms with Gasteiger partial charge in [-0.2, -0.15) is 0 Å². The fraction of sp³-hybridized carbons (Fsp3) is 0.167. The number of benzene rings is 3. The first-order chi connectivity index (χ1) is 16.4. The van der Waals surface area contributed by atoms with Crippen molar-refractivity contribution in [2.45, 2.75) is 17.2 Å². The highest BCUT2D eigenvalue weighted by atomic mass is 35.5. The van der Waals surface area contributed by atoms with Crippen molar-refractivity contribution in [1.29, 1.82) is 0 Å². The molecule has 0 heterocycles. The Morgan fingerprint density at radius 2 is 1.54 bits per heavy atom. The van der Waals surface area contributed by atoms with Crippen molar-refractivity contribution in [2.75, 3.05) is 16.4 Å². The number of amides is 2. The van der Waals surface area contributed by atoms with E-state index in [9.17, 15) is 9.59 Å². The van der Waals surface area contributed by atoms with Gasteiger partial charge < -0.3 is 16.4 Å². The van der Waals surface area contributed by atoms with Crippen LogP contribution >= 0.6 is 69.6 Å². The molecule has 0 aromatic heterocycles. The van der Waals surface area contributed by atoms with Crippen LogP contribution in [0, 0.1) is 12.8 Å². The van der Waals surface area contributed by atoms with Crippen LogP contribution in [0.4, 0.5) is 17.1 Å². The maximum Gasteiger partial charge on any atom is 0.257 e. The van der Waals surface area contributed by atoms with Gasteiger partial charge in [-0.25, -0.2) is 0 Å². The zero-order valence-electron chi connectivity index (χ0n) is 17.9. The zero-order chi connectivity index (χ0) is 25.7. The molecule has 1 aliphatic rings. The summed E-state index contributed by atoms with van der Waals surface area (Å²) in [6, 6.07) is 12.8. The van der Waals surface area contributed by atoms with Crippen LogP contribution in [0.25, 0.3) is 0 Å². The molecule has 0 bridgehead atoms. The van der Waals surface area contributed by atoms with Crippen molar-refractivity contribution in [3.05, 3.63) is 85.3 Å². The summed E-state index contributed by atoms with van der Waals surface area (Å²) in [5, 5.41) is 6.43. The first kappa shape index (κ1) is 26.2. The summed E-state index contributed by atoms with van der Waals surface area (Å²) in [5.74, 6) is -2.23. The largest absolute Gasteiger partial charge is 0.399 e. The lowest BCUT2D eigenvalue weighted by atomic mass is 10.1. The molecule has 4 rings (SSSR count). The second-order valence-corrected chi connectivity index (χ2v) is 11.2. The number of anilines is 3. The number of aryl methyl sites for hydroxylation is 1. The molecule has 2 amide bonds. The topological polar surface area (TPSA) is 84.2 Å². The van der Waals surface area contributed by atoms with Crippen LogP contribution in [-0.2, 0) is 4.79 Å². The van der Waals surface area contributed by atoms with Crippen molar-refractivity contribution in [3.8, 4) is 0 Å². The van der Waals surface area contributed by atoms with E-state index < -0.39 is 28.0 Å². The predicted molar refractivity (Wildman–Crippen MR) is 146 cm³/mol. The fourth-order valence-corrected chi connectivity index (χ4v) is 5.48. The molecule has 35 heavy (non-hydrogen) atoms. The molecule has 0 unspecified atom stereocenters. The highest BCUT2D eigenvalue weighted by Gasteiger charge is 2.67. The number of rotatable bonds is 5. The molecule has 4 N–H and O–H groups in total. The Bertz CT molecular complexity index is 1340. The second kappa shape index (κ2) is 9.89. The van der Waals surface area contributed by atoms with Gasteiger partial charge in [-0.1, -0.05) is 46.4 Å². The van der Waals surface area contributed by atoms with E-state index in [1.54, 1.807) is 36.4 Å². The molecule has 1 fully saturated rings. The average molecular weight is 592 g/mol. The van der Waals surface area contributed by atoms with E-state index in [1.807, 2.05) is 6.92 Å². The summed E-state index contributed by atoms with van der Waals surface area (Å²) >= 11 is 37.4. The standard InChI is InChI=1S/C24H17Cl6N3O2/c1-10-6-12(31)2-5-18(10)33-22(34)14-9-13(3-4-15(14)25)32-23(35)20-19(24(20,29)30)11-7-16(26)21(28)17(27)8-11/h2-9,19-20H,31H2,1H3,(H,32,35)(H,33,34)/t19-,20+/m1/s1. The number of alkyl halides is 2. The third-order valence-electron chi connectivity index (χ3n) is 5.68. The summed E-state index contributed by atoms with van der Waals surface area (Å²) in [6.45, 7) is 1.82. The van der Waals surface area contributed by atoms with Gasteiger partial charge in [0.05, 0.1) is 31.6 Å². The first-order valence-electron chi connectivity index (χ1n) is 10.2. The molecule has 11 heteroatoms. The molecular formula is C24H17Cl6N3O2. The summed E-state index contributed by atoms with van der Waals surface area (Å²) in [5.41, 5.74) is 8.84. The van der Waals surface area contributed by atoms with E-state index >= 15 is 0 Å². The number of carbonyl (C=O) groups excluding carboxylic acids is 2. The van der Waals surface area contributed by atoms with Gasteiger partial charge in [0, 0.05) is 23.0 Å². The maximum atomic E-state index is 13.0. The van der Waals surface area contributed by atoms with Gasteiger partial charge in [-0.3, -0.25) is 9.59 Å². The molecule has 0 saturated heterocycles. The first-order valence-corrected chi connectivity index (χ1v) is 12.5. The molecule has 3 aromatic carbocycles. The third kappa shape index (κ3) is 5.31. The molecule has 0 spiro atoms. The minimum atomic E-state index is -1.37. The van der Waals surface area contributed by atoms with E-state index in [-0.39, 0.29) is 25.7 Å². The van der Waals surface area contributed by atoms with E-state index in [4.69, 9.17) is 75.3 Å². The molecule has 0 aliphatic heterocycles. The minimum absolute atomic E-state index is 0.173. The number of hydrogen-bond donors (Lipinski definition) is 3. The molecule has 1 saturated carbocycles. The molecule has 0 radical (unpaired) electrons. The number of nitrogen functional groups attached to an aromatic ring is 1. The van der Waals surface area contributed by atoms with Crippen molar-refractivity contribution in [2.24, 2.45) is 5.92 Å². The van der Waals surface area contributed by atoms with E-state index in [0.29, 0.717) is 22.6 Å². The lowest BCUT2D eigenvalue weighted by Crippen LogP contribution is -2.18. The predicted octanol–water partition coefficient (Wildman–Crippen LogP) is 7.97. The Kier molecular flexibility index (Phi) is 7.41. The Hall–Kier alpha value is -1.86. The van der Waals surface area contributed by atoms with Crippen LogP contribution in [-0.4, -0.2) is 16.1 Å². The minimum Gasteiger partial charge on any atom is -0.399 e. The Morgan fingerprint density at radius 3 is 2.17 bits per heavy atom. The zero-order valence-corrected chi connectivity index (χ0v) is 22.5. The average Bonchev–Trinajstić information content (AvgIpc) is 3.37. The SMILES string of the molecule is Cc1cc(N)ccc1NC(=O)c1cc(NC(=O)[C@@H]2[C@@H](c3cc(Cl)c(Cl)c(Cl)c3)C2(Cl)Cl)ccc1Cl. The highest BCUT2D eigenvalue weighted by molar-refractivity contribution is 6.54. The molecule has 5 nitrogen and oxygen atoms in total. The van der Waals surface area contributed by atoms with Crippen molar-refractivity contribution >= 4 is 98.5 Å². The molecular weight excluding hydrogens is 575 g/mol. The Morgan fingerprint density at radius 1 is 0.886 bits per heavy atom. The van der Waals surface area contributed by atoms with Crippen LogP contribution in [0.1, 0.15) is 27.4 Å². The molecule has 1 aliphatic carbocycles. The maximum absolute atomic E-state index is 13.0. The van der Waals surface area contributed by atoms with E-state index in [2.05, 4.69) is 10.6 Å². The molecule has 3 aromatic rings. The number of carbonyl (C=O) groups is 2. The highest BCUT2D eigenvalue weighted by Crippen LogP contribution is 2.65.